The Morgan fingerprint density at radius 2 is 1.79 bits per heavy atom. The summed E-state index contributed by atoms with van der Waals surface area (Å²) in [5.74, 6) is -1.92. The summed E-state index contributed by atoms with van der Waals surface area (Å²) in [5.41, 5.74) is 1.02. The number of nitrogens with one attached hydrogen (secondary N) is 1. The first-order valence-electron chi connectivity index (χ1n) is 8.26. The molecule has 9 heteroatoms. The van der Waals surface area contributed by atoms with Crippen LogP contribution >= 0.6 is 0 Å². The monoisotopic (exact) mass is 404 g/mol. The van der Waals surface area contributed by atoms with Gasteiger partial charge in [-0.15, -0.1) is 13.2 Å². The van der Waals surface area contributed by atoms with E-state index in [1.54, 1.807) is 36.4 Å². The van der Waals surface area contributed by atoms with Gasteiger partial charge in [0, 0.05) is 11.8 Å². The first-order valence-corrected chi connectivity index (χ1v) is 8.26. The van der Waals surface area contributed by atoms with Crippen LogP contribution in [0.2, 0.25) is 0 Å². The lowest BCUT2D eigenvalue weighted by atomic mass is 10.0. The fourth-order valence-corrected chi connectivity index (χ4v) is 2.71. The zero-order chi connectivity index (χ0) is 21.0. The Labute approximate surface area is 163 Å². The summed E-state index contributed by atoms with van der Waals surface area (Å²) in [6.07, 6.45) is -2.57. The molecule has 1 heterocycles. The van der Waals surface area contributed by atoms with E-state index in [4.69, 9.17) is 9.84 Å². The minimum Gasteiger partial charge on any atom is -0.492 e. The van der Waals surface area contributed by atoms with E-state index in [-0.39, 0.29) is 22.7 Å². The van der Waals surface area contributed by atoms with E-state index in [2.05, 4.69) is 15.0 Å². The van der Waals surface area contributed by atoms with Gasteiger partial charge in [0.2, 0.25) is 0 Å². The number of carboxylic acid groups (broad SMARTS) is 1. The number of ether oxygens (including phenoxy) is 2. The SMILES string of the molecule is COc1c(-c2ccccc2)ccc(Nc2cncc(C(=O)O)c2)c1OC(F)(F)F. The van der Waals surface area contributed by atoms with Crippen molar-refractivity contribution in [2.75, 3.05) is 12.4 Å². The van der Waals surface area contributed by atoms with E-state index in [0.717, 1.165) is 6.20 Å². The summed E-state index contributed by atoms with van der Waals surface area (Å²) in [6.45, 7) is 0. The molecule has 2 aromatic carbocycles. The second kappa shape index (κ2) is 8.09. The molecule has 0 unspecified atom stereocenters. The molecule has 1 aromatic heterocycles. The number of methoxy groups -OCH3 is 1. The van der Waals surface area contributed by atoms with Gasteiger partial charge in [0.1, 0.15) is 0 Å². The van der Waals surface area contributed by atoms with Crippen LogP contribution < -0.4 is 14.8 Å². The smallest absolute Gasteiger partial charge is 0.492 e. The lowest BCUT2D eigenvalue weighted by molar-refractivity contribution is -0.274. The maximum Gasteiger partial charge on any atom is 0.573 e. The van der Waals surface area contributed by atoms with Crippen molar-refractivity contribution in [2.24, 2.45) is 0 Å². The van der Waals surface area contributed by atoms with Crippen LogP contribution in [0.15, 0.2) is 60.9 Å². The average molecular weight is 404 g/mol. The Bertz CT molecular complexity index is 1020. The van der Waals surface area contributed by atoms with Crippen molar-refractivity contribution in [3.8, 4) is 22.6 Å². The van der Waals surface area contributed by atoms with Gasteiger partial charge in [-0.2, -0.15) is 0 Å². The van der Waals surface area contributed by atoms with Gasteiger partial charge in [-0.05, 0) is 23.8 Å². The van der Waals surface area contributed by atoms with Crippen molar-refractivity contribution in [1.29, 1.82) is 0 Å². The van der Waals surface area contributed by atoms with Crippen molar-refractivity contribution in [2.45, 2.75) is 6.36 Å². The molecule has 3 aromatic rings. The van der Waals surface area contributed by atoms with Gasteiger partial charge < -0.3 is 19.9 Å². The highest BCUT2D eigenvalue weighted by molar-refractivity contribution is 5.89. The normalized spacial score (nSPS) is 11.0. The van der Waals surface area contributed by atoms with Crippen LogP contribution in [-0.2, 0) is 0 Å². The van der Waals surface area contributed by atoms with Crippen molar-refractivity contribution < 1.29 is 32.5 Å². The fraction of sp³-hybridized carbons (Fsp3) is 0.100. The predicted octanol–water partition coefficient (Wildman–Crippen LogP) is 5.10. The van der Waals surface area contributed by atoms with E-state index in [1.807, 2.05) is 0 Å². The Morgan fingerprint density at radius 1 is 1.07 bits per heavy atom. The topological polar surface area (TPSA) is 80.7 Å². The quantitative estimate of drug-likeness (QED) is 0.595. The molecule has 150 valence electrons. The number of hydrogen-bond acceptors (Lipinski definition) is 5. The third-order valence-corrected chi connectivity index (χ3v) is 3.88. The minimum atomic E-state index is -4.97. The summed E-state index contributed by atoms with van der Waals surface area (Å²) >= 11 is 0. The average Bonchev–Trinajstić information content (AvgIpc) is 2.69. The Hall–Kier alpha value is -3.75. The van der Waals surface area contributed by atoms with Gasteiger partial charge in [-0.3, -0.25) is 4.98 Å². The number of pyridine rings is 1. The maximum absolute atomic E-state index is 13.1. The van der Waals surface area contributed by atoms with Gasteiger partial charge in [0.15, 0.2) is 11.5 Å². The van der Waals surface area contributed by atoms with E-state index < -0.39 is 18.1 Å². The Morgan fingerprint density at radius 3 is 2.41 bits per heavy atom. The highest BCUT2D eigenvalue weighted by Crippen LogP contribution is 2.46. The van der Waals surface area contributed by atoms with Crippen molar-refractivity contribution in [3.63, 3.8) is 0 Å². The van der Waals surface area contributed by atoms with E-state index >= 15 is 0 Å². The summed E-state index contributed by atoms with van der Waals surface area (Å²) < 4.78 is 48.7. The lowest BCUT2D eigenvalue weighted by Crippen LogP contribution is -2.18. The molecular weight excluding hydrogens is 389 g/mol. The zero-order valence-corrected chi connectivity index (χ0v) is 15.0. The number of rotatable bonds is 6. The number of benzene rings is 2. The molecule has 3 rings (SSSR count). The molecule has 0 aliphatic heterocycles. The number of hydrogen-bond donors (Lipinski definition) is 2. The highest BCUT2D eigenvalue weighted by Gasteiger charge is 2.34. The Kier molecular flexibility index (Phi) is 5.58. The first kappa shape index (κ1) is 20.0. The molecule has 0 amide bonds. The van der Waals surface area contributed by atoms with Crippen LogP contribution in [-0.4, -0.2) is 29.5 Å². The van der Waals surface area contributed by atoms with E-state index in [9.17, 15) is 18.0 Å². The number of carboxylic acids is 1. The molecule has 6 nitrogen and oxygen atoms in total. The fourth-order valence-electron chi connectivity index (χ4n) is 2.71. The number of anilines is 2. The second-order valence-corrected chi connectivity index (χ2v) is 5.83. The summed E-state index contributed by atoms with van der Waals surface area (Å²) in [6, 6.07) is 12.9. The maximum atomic E-state index is 13.1. The summed E-state index contributed by atoms with van der Waals surface area (Å²) in [5, 5.41) is 11.8. The second-order valence-electron chi connectivity index (χ2n) is 5.83. The molecule has 0 radical (unpaired) electrons. The number of halogens is 3. The molecule has 0 aliphatic carbocycles. The molecule has 0 aliphatic rings. The van der Waals surface area contributed by atoms with Crippen LogP contribution in [0.4, 0.5) is 24.5 Å². The number of carbonyl (C=O) groups is 1. The molecule has 0 spiro atoms. The van der Waals surface area contributed by atoms with Gasteiger partial charge in [-0.25, -0.2) is 4.79 Å². The third-order valence-electron chi connectivity index (χ3n) is 3.88. The first-order chi connectivity index (χ1) is 13.8. The molecule has 2 N–H and O–H groups in total. The van der Waals surface area contributed by atoms with Crippen molar-refractivity contribution >= 4 is 17.3 Å². The molecular formula is C20H15F3N2O4. The Balaban J connectivity index is 2.11. The van der Waals surface area contributed by atoms with Crippen LogP contribution in [0, 0.1) is 0 Å². The lowest BCUT2D eigenvalue weighted by Gasteiger charge is -2.20. The molecule has 0 fully saturated rings. The van der Waals surface area contributed by atoms with Crippen LogP contribution in [0.5, 0.6) is 11.5 Å². The van der Waals surface area contributed by atoms with Crippen molar-refractivity contribution in [3.05, 3.63) is 66.5 Å². The third kappa shape index (κ3) is 4.75. The van der Waals surface area contributed by atoms with Crippen LogP contribution in [0.3, 0.4) is 0 Å². The standard InChI is InChI=1S/C20H15F3N2O4/c1-28-17-15(12-5-3-2-4-6-12)7-8-16(18(17)29-20(21,22)23)25-14-9-13(19(26)27)10-24-11-14/h2-11,25H,1H3,(H,26,27). The van der Waals surface area contributed by atoms with Gasteiger partial charge in [-0.1, -0.05) is 30.3 Å². The van der Waals surface area contributed by atoms with Crippen LogP contribution in [0.1, 0.15) is 10.4 Å². The number of nitrogens with zero attached hydrogens (tertiary/aromatic N) is 1. The molecule has 0 saturated carbocycles. The molecule has 0 bridgehead atoms. The number of aromatic carboxylic acids is 1. The summed E-state index contributed by atoms with van der Waals surface area (Å²) in [7, 11) is 1.24. The van der Waals surface area contributed by atoms with Gasteiger partial charge in [0.05, 0.1) is 30.2 Å². The number of alkyl halides is 3. The largest absolute Gasteiger partial charge is 0.573 e. The van der Waals surface area contributed by atoms with Gasteiger partial charge >= 0.3 is 12.3 Å². The van der Waals surface area contributed by atoms with Gasteiger partial charge in [0.25, 0.3) is 0 Å². The predicted molar refractivity (Wildman–Crippen MR) is 99.6 cm³/mol. The zero-order valence-electron chi connectivity index (χ0n) is 15.0. The molecule has 0 atom stereocenters. The number of aromatic nitrogens is 1. The van der Waals surface area contributed by atoms with E-state index in [1.165, 1.54) is 25.4 Å². The van der Waals surface area contributed by atoms with Crippen molar-refractivity contribution in [1.82, 2.24) is 4.98 Å². The van der Waals surface area contributed by atoms with Crippen LogP contribution in [0.25, 0.3) is 11.1 Å². The molecule has 29 heavy (non-hydrogen) atoms. The summed E-state index contributed by atoms with van der Waals surface area (Å²) in [4.78, 5) is 14.9. The molecule has 0 saturated heterocycles. The minimum absolute atomic E-state index is 0.0665. The highest BCUT2D eigenvalue weighted by atomic mass is 19.4. The van der Waals surface area contributed by atoms with E-state index in [0.29, 0.717) is 11.1 Å².